The summed E-state index contributed by atoms with van der Waals surface area (Å²) < 4.78 is 31.1. The molecule has 4 rings (SSSR count). The molecule has 0 spiro atoms. The average Bonchev–Trinajstić information content (AvgIpc) is 2.75. The molecule has 0 aliphatic rings. The molecule has 152 valence electrons. The highest BCUT2D eigenvalue weighted by atomic mass is 35.5. The van der Waals surface area contributed by atoms with E-state index in [1.807, 2.05) is 6.92 Å². The number of hydrogen-bond acceptors (Lipinski definition) is 4. The molecule has 0 aliphatic carbocycles. The van der Waals surface area contributed by atoms with Crippen molar-refractivity contribution in [1.29, 1.82) is 0 Å². The molecule has 1 heterocycles. The van der Waals surface area contributed by atoms with Crippen LogP contribution in [0.15, 0.2) is 69.9 Å². The summed E-state index contributed by atoms with van der Waals surface area (Å²) in [5.74, 6) is 0.509. The van der Waals surface area contributed by atoms with Crippen molar-refractivity contribution in [2.45, 2.75) is 13.5 Å². The van der Waals surface area contributed by atoms with Crippen LogP contribution in [0.1, 0.15) is 11.1 Å². The van der Waals surface area contributed by atoms with Gasteiger partial charge in [-0.2, -0.15) is 0 Å². The molecule has 0 radical (unpaired) electrons. The van der Waals surface area contributed by atoms with E-state index in [0.717, 1.165) is 5.56 Å². The minimum absolute atomic E-state index is 0.00385. The molecule has 0 N–H and O–H groups in total. The van der Waals surface area contributed by atoms with Crippen LogP contribution in [0.3, 0.4) is 0 Å². The van der Waals surface area contributed by atoms with Gasteiger partial charge in [0, 0.05) is 16.1 Å². The quantitative estimate of drug-likeness (QED) is 0.385. The molecule has 0 aliphatic heterocycles. The van der Waals surface area contributed by atoms with E-state index >= 15 is 0 Å². The zero-order valence-corrected chi connectivity index (χ0v) is 17.1. The molecule has 0 fully saturated rings. The van der Waals surface area contributed by atoms with E-state index in [9.17, 15) is 9.18 Å². The number of halogens is 2. The lowest BCUT2D eigenvalue weighted by atomic mass is 10.1. The maximum absolute atomic E-state index is 14.0. The Hall–Kier alpha value is -3.31. The molecule has 3 aromatic carbocycles. The van der Waals surface area contributed by atoms with Gasteiger partial charge in [-0.15, -0.1) is 0 Å². The summed E-state index contributed by atoms with van der Waals surface area (Å²) >= 11 is 6.21. The molecule has 0 saturated heterocycles. The normalized spacial score (nSPS) is 10.9. The summed E-state index contributed by atoms with van der Waals surface area (Å²) in [6, 6.07) is 16.6. The fraction of sp³-hybridized carbons (Fsp3) is 0.125. The largest absolute Gasteiger partial charge is 0.497 e. The third kappa shape index (κ3) is 3.76. The first-order chi connectivity index (χ1) is 14.5. The van der Waals surface area contributed by atoms with E-state index < -0.39 is 5.82 Å². The predicted octanol–water partition coefficient (Wildman–Crippen LogP) is 6.15. The lowest BCUT2D eigenvalue weighted by Crippen LogP contribution is -2.11. The second kappa shape index (κ2) is 8.20. The second-order valence-electron chi connectivity index (χ2n) is 6.80. The highest BCUT2D eigenvalue weighted by molar-refractivity contribution is 6.32. The van der Waals surface area contributed by atoms with Crippen LogP contribution in [0.2, 0.25) is 5.02 Å². The Morgan fingerprint density at radius 1 is 1.07 bits per heavy atom. The molecule has 1 aromatic heterocycles. The summed E-state index contributed by atoms with van der Waals surface area (Å²) in [5.41, 5.74) is 1.77. The van der Waals surface area contributed by atoms with E-state index in [1.54, 1.807) is 61.7 Å². The van der Waals surface area contributed by atoms with Crippen molar-refractivity contribution in [3.05, 3.63) is 92.9 Å². The zero-order chi connectivity index (χ0) is 21.3. The summed E-state index contributed by atoms with van der Waals surface area (Å²) in [6.45, 7) is 1.71. The van der Waals surface area contributed by atoms with Gasteiger partial charge in [-0.25, -0.2) is 4.39 Å². The molecular formula is C24H18ClFO4. The number of rotatable bonds is 5. The first-order valence-electron chi connectivity index (χ1n) is 9.25. The number of methoxy groups -OCH3 is 1. The monoisotopic (exact) mass is 424 g/mol. The van der Waals surface area contributed by atoms with Crippen molar-refractivity contribution in [3.63, 3.8) is 0 Å². The Kier molecular flexibility index (Phi) is 5.46. The molecule has 0 bridgehead atoms. The van der Waals surface area contributed by atoms with Gasteiger partial charge in [0.15, 0.2) is 5.76 Å². The smallest absolute Gasteiger partial charge is 0.235 e. The predicted molar refractivity (Wildman–Crippen MR) is 115 cm³/mol. The third-order valence-corrected chi connectivity index (χ3v) is 5.22. The molecular weight excluding hydrogens is 407 g/mol. The maximum Gasteiger partial charge on any atom is 0.235 e. The molecule has 0 unspecified atom stereocenters. The fourth-order valence-electron chi connectivity index (χ4n) is 3.13. The van der Waals surface area contributed by atoms with E-state index in [1.165, 1.54) is 6.07 Å². The highest BCUT2D eigenvalue weighted by Gasteiger charge is 2.19. The standard InChI is InChI=1S/C24H18ClFO4/c1-14-11-21-18(12-19(14)25)22(27)24(29-13-16-5-3-4-6-20(16)26)23(30-21)15-7-9-17(28-2)10-8-15/h3-12H,13H2,1-2H3. The third-order valence-electron chi connectivity index (χ3n) is 4.81. The van der Waals surface area contributed by atoms with Crippen LogP contribution >= 0.6 is 11.6 Å². The van der Waals surface area contributed by atoms with Crippen LogP contribution in [-0.4, -0.2) is 7.11 Å². The molecule has 0 atom stereocenters. The van der Waals surface area contributed by atoms with Crippen molar-refractivity contribution >= 4 is 22.6 Å². The van der Waals surface area contributed by atoms with E-state index in [2.05, 4.69) is 0 Å². The van der Waals surface area contributed by atoms with Crippen LogP contribution in [0.4, 0.5) is 4.39 Å². The minimum Gasteiger partial charge on any atom is -0.497 e. The maximum atomic E-state index is 14.0. The molecule has 4 nitrogen and oxygen atoms in total. The Morgan fingerprint density at radius 3 is 2.50 bits per heavy atom. The minimum atomic E-state index is -0.410. The van der Waals surface area contributed by atoms with Gasteiger partial charge < -0.3 is 13.9 Å². The molecule has 4 aromatic rings. The lowest BCUT2D eigenvalue weighted by molar-refractivity contribution is 0.292. The number of hydrogen-bond donors (Lipinski definition) is 0. The molecule has 6 heteroatoms. The SMILES string of the molecule is COc1ccc(-c2oc3cc(C)c(Cl)cc3c(=O)c2OCc2ccccc2F)cc1. The van der Waals surface area contributed by atoms with Crippen molar-refractivity contribution in [2.24, 2.45) is 0 Å². The van der Waals surface area contributed by atoms with Gasteiger partial charge in [-0.3, -0.25) is 4.79 Å². The Labute approximate surface area is 177 Å². The van der Waals surface area contributed by atoms with Crippen LogP contribution in [0.25, 0.3) is 22.3 Å². The summed E-state index contributed by atoms with van der Waals surface area (Å²) in [5, 5.41) is 0.749. The van der Waals surface area contributed by atoms with Crippen molar-refractivity contribution in [2.75, 3.05) is 7.11 Å². The summed E-state index contributed by atoms with van der Waals surface area (Å²) in [4.78, 5) is 13.3. The van der Waals surface area contributed by atoms with Crippen LogP contribution in [0, 0.1) is 12.7 Å². The number of ether oxygens (including phenoxy) is 2. The van der Waals surface area contributed by atoms with Gasteiger partial charge in [-0.1, -0.05) is 29.8 Å². The van der Waals surface area contributed by atoms with Gasteiger partial charge in [0.1, 0.15) is 23.8 Å². The van der Waals surface area contributed by atoms with Crippen molar-refractivity contribution < 1.29 is 18.3 Å². The lowest BCUT2D eigenvalue weighted by Gasteiger charge is -2.13. The van der Waals surface area contributed by atoms with E-state index in [0.29, 0.717) is 32.9 Å². The first-order valence-corrected chi connectivity index (χ1v) is 9.63. The Balaban J connectivity index is 1.88. The topological polar surface area (TPSA) is 48.7 Å². The highest BCUT2D eigenvalue weighted by Crippen LogP contribution is 2.34. The average molecular weight is 425 g/mol. The second-order valence-corrected chi connectivity index (χ2v) is 7.20. The van der Waals surface area contributed by atoms with Gasteiger partial charge in [0.25, 0.3) is 0 Å². The van der Waals surface area contributed by atoms with E-state index in [4.69, 9.17) is 25.5 Å². The van der Waals surface area contributed by atoms with Gasteiger partial charge in [0.2, 0.25) is 11.2 Å². The fourth-order valence-corrected chi connectivity index (χ4v) is 3.29. The van der Waals surface area contributed by atoms with Crippen LogP contribution < -0.4 is 14.9 Å². The number of aryl methyl sites for hydroxylation is 1. The number of benzene rings is 3. The van der Waals surface area contributed by atoms with E-state index in [-0.39, 0.29) is 23.5 Å². The first kappa shape index (κ1) is 20.0. The van der Waals surface area contributed by atoms with Gasteiger partial charge in [-0.05, 0) is 55.0 Å². The summed E-state index contributed by atoms with van der Waals surface area (Å²) in [7, 11) is 1.57. The Morgan fingerprint density at radius 2 is 1.80 bits per heavy atom. The Bertz CT molecular complexity index is 1280. The zero-order valence-electron chi connectivity index (χ0n) is 16.4. The molecule has 0 amide bonds. The van der Waals surface area contributed by atoms with Crippen molar-refractivity contribution in [1.82, 2.24) is 0 Å². The molecule has 30 heavy (non-hydrogen) atoms. The van der Waals surface area contributed by atoms with Crippen LogP contribution in [0.5, 0.6) is 11.5 Å². The summed E-state index contributed by atoms with van der Waals surface area (Å²) in [6.07, 6.45) is 0. The van der Waals surface area contributed by atoms with Crippen molar-refractivity contribution in [3.8, 4) is 22.8 Å². The number of fused-ring (bicyclic) bond motifs is 1. The van der Waals surface area contributed by atoms with Gasteiger partial charge >= 0.3 is 0 Å². The van der Waals surface area contributed by atoms with Crippen LogP contribution in [-0.2, 0) is 6.61 Å². The van der Waals surface area contributed by atoms with Gasteiger partial charge in [0.05, 0.1) is 12.5 Å². The molecule has 0 saturated carbocycles.